The van der Waals surface area contributed by atoms with Gasteiger partial charge < -0.3 is 9.64 Å². The Bertz CT molecular complexity index is 1880. The first-order chi connectivity index (χ1) is 19.7. The minimum atomic E-state index is 0.126. The van der Waals surface area contributed by atoms with Crippen LogP contribution in [0.1, 0.15) is 12.0 Å². The number of anilines is 3. The molecule has 40 heavy (non-hydrogen) atoms. The molecule has 0 amide bonds. The minimum Gasteiger partial charge on any atom is -0.493 e. The van der Waals surface area contributed by atoms with Gasteiger partial charge in [-0.15, -0.1) is 0 Å². The van der Waals surface area contributed by atoms with Crippen molar-refractivity contribution < 1.29 is 4.74 Å². The van der Waals surface area contributed by atoms with E-state index in [4.69, 9.17) is 11.3 Å². The zero-order chi connectivity index (χ0) is 27.3. The Morgan fingerprint density at radius 1 is 0.800 bits per heavy atom. The van der Waals surface area contributed by atoms with Gasteiger partial charge >= 0.3 is 0 Å². The standard InChI is InChI=1S/C36H25N3O/c1-38-35(25-37)30-21-22-40-33(24-30)20-15-26-13-17-31(18-14-26)39(32-19-16-27-7-2-3-9-29(27)23-32)36-12-6-10-28-8-4-5-11-34(28)36/h2-20,23-24H,21-22H2. The van der Waals surface area contributed by atoms with E-state index in [1.165, 1.54) is 21.5 Å². The summed E-state index contributed by atoms with van der Waals surface area (Å²) in [6.07, 6.45) is 6.22. The van der Waals surface area contributed by atoms with Gasteiger partial charge in [0.2, 0.25) is 0 Å². The molecule has 5 aromatic rings. The predicted molar refractivity (Wildman–Crippen MR) is 163 cm³/mol. The number of fused-ring (bicyclic) bond motifs is 2. The molecule has 0 saturated carbocycles. The van der Waals surface area contributed by atoms with E-state index in [1.807, 2.05) is 18.2 Å². The van der Waals surface area contributed by atoms with E-state index in [1.54, 1.807) is 6.08 Å². The summed E-state index contributed by atoms with van der Waals surface area (Å²) in [6, 6.07) is 40.3. The molecule has 0 bridgehead atoms. The summed E-state index contributed by atoms with van der Waals surface area (Å²) >= 11 is 0. The molecule has 0 spiro atoms. The highest BCUT2D eigenvalue weighted by Crippen LogP contribution is 2.40. The van der Waals surface area contributed by atoms with Gasteiger partial charge in [0.1, 0.15) is 5.76 Å². The average Bonchev–Trinajstić information content (AvgIpc) is 3.02. The Balaban J connectivity index is 1.38. The van der Waals surface area contributed by atoms with E-state index in [0.717, 1.165) is 28.2 Å². The molecule has 0 unspecified atom stereocenters. The molecular weight excluding hydrogens is 490 g/mol. The van der Waals surface area contributed by atoms with Gasteiger partial charge in [0.05, 0.1) is 24.9 Å². The van der Waals surface area contributed by atoms with Crippen LogP contribution in [0.4, 0.5) is 17.1 Å². The van der Waals surface area contributed by atoms with Gasteiger partial charge in [-0.2, -0.15) is 0 Å². The van der Waals surface area contributed by atoms with E-state index in [2.05, 4.69) is 119 Å². The molecule has 190 valence electrons. The zero-order valence-electron chi connectivity index (χ0n) is 21.8. The fourth-order valence-electron chi connectivity index (χ4n) is 5.08. The number of nitrogens with zero attached hydrogens (tertiary/aromatic N) is 3. The van der Waals surface area contributed by atoms with Crippen LogP contribution in [-0.2, 0) is 4.74 Å². The maximum absolute atomic E-state index is 9.20. The Kier molecular flexibility index (Phi) is 6.82. The van der Waals surface area contributed by atoms with Crippen LogP contribution in [0.15, 0.2) is 138 Å². The molecule has 0 N–H and O–H groups in total. The van der Waals surface area contributed by atoms with Crippen molar-refractivity contribution >= 4 is 44.7 Å². The highest BCUT2D eigenvalue weighted by Gasteiger charge is 2.16. The lowest BCUT2D eigenvalue weighted by molar-refractivity contribution is 0.219. The van der Waals surface area contributed by atoms with Gasteiger partial charge in [0, 0.05) is 16.8 Å². The molecule has 4 nitrogen and oxygen atoms in total. The minimum absolute atomic E-state index is 0.126. The van der Waals surface area contributed by atoms with Crippen LogP contribution in [0.25, 0.3) is 32.5 Å². The summed E-state index contributed by atoms with van der Waals surface area (Å²) in [4.78, 5) is 5.64. The summed E-state index contributed by atoms with van der Waals surface area (Å²) in [7, 11) is 0. The van der Waals surface area contributed by atoms with Crippen LogP contribution in [0.5, 0.6) is 0 Å². The number of rotatable bonds is 5. The Morgan fingerprint density at radius 3 is 2.33 bits per heavy atom. The van der Waals surface area contributed by atoms with Gasteiger partial charge in [-0.25, -0.2) is 10.1 Å². The Hall–Kier alpha value is -5.58. The first-order valence-electron chi connectivity index (χ1n) is 13.1. The topological polar surface area (TPSA) is 40.6 Å². The number of benzene rings is 5. The lowest BCUT2D eigenvalue weighted by Gasteiger charge is -2.27. The average molecular weight is 516 g/mol. The fourth-order valence-corrected chi connectivity index (χ4v) is 5.08. The maximum atomic E-state index is 9.20. The first-order valence-corrected chi connectivity index (χ1v) is 13.1. The normalized spacial score (nSPS) is 14.3. The second kappa shape index (κ2) is 11.0. The summed E-state index contributed by atoms with van der Waals surface area (Å²) in [6.45, 7) is 7.67. The Labute approximate surface area is 233 Å². The summed E-state index contributed by atoms with van der Waals surface area (Å²) < 4.78 is 5.74. The predicted octanol–water partition coefficient (Wildman–Crippen LogP) is 9.48. The molecule has 1 heterocycles. The third-order valence-electron chi connectivity index (χ3n) is 7.07. The van der Waals surface area contributed by atoms with E-state index < -0.39 is 0 Å². The molecule has 4 heteroatoms. The number of hydrogen-bond acceptors (Lipinski definition) is 3. The number of hydrogen-bond donors (Lipinski definition) is 0. The van der Waals surface area contributed by atoms with Gasteiger partial charge in [-0.1, -0.05) is 84.9 Å². The van der Waals surface area contributed by atoms with Crippen LogP contribution >= 0.6 is 0 Å². The smallest absolute Gasteiger partial charge is 0.265 e. The van der Waals surface area contributed by atoms with E-state index in [9.17, 15) is 5.26 Å². The molecule has 0 aliphatic carbocycles. The van der Waals surface area contributed by atoms with Crippen molar-refractivity contribution in [3.05, 3.63) is 155 Å². The number of ether oxygens (including phenoxy) is 1. The molecule has 1 aliphatic heterocycles. The molecule has 0 radical (unpaired) electrons. The highest BCUT2D eigenvalue weighted by atomic mass is 16.5. The largest absolute Gasteiger partial charge is 0.493 e. The van der Waals surface area contributed by atoms with Crippen molar-refractivity contribution in [1.29, 1.82) is 5.26 Å². The van der Waals surface area contributed by atoms with Crippen molar-refractivity contribution in [3.63, 3.8) is 0 Å². The third-order valence-corrected chi connectivity index (χ3v) is 7.07. The van der Waals surface area contributed by atoms with Crippen LogP contribution in [0, 0.1) is 17.9 Å². The molecule has 0 atom stereocenters. The Morgan fingerprint density at radius 2 is 1.52 bits per heavy atom. The second-order valence-electron chi connectivity index (χ2n) is 9.53. The molecule has 0 fully saturated rings. The second-order valence-corrected chi connectivity index (χ2v) is 9.53. The molecule has 1 aliphatic rings. The van der Waals surface area contributed by atoms with Crippen LogP contribution in [-0.4, -0.2) is 6.61 Å². The zero-order valence-corrected chi connectivity index (χ0v) is 21.8. The van der Waals surface area contributed by atoms with Crippen molar-refractivity contribution in [2.24, 2.45) is 0 Å². The van der Waals surface area contributed by atoms with Crippen molar-refractivity contribution in [1.82, 2.24) is 0 Å². The summed E-state index contributed by atoms with van der Waals surface area (Å²) in [5, 5.41) is 14.0. The molecule has 6 rings (SSSR count). The van der Waals surface area contributed by atoms with Crippen LogP contribution in [0.2, 0.25) is 0 Å². The maximum Gasteiger partial charge on any atom is 0.265 e. The SMILES string of the molecule is [C-]#[N+]C(C#N)=C1C=C(C=Cc2ccc(N(c3ccc4ccccc4c3)c3cccc4ccccc34)cc2)OCC1. The third kappa shape index (κ3) is 4.95. The van der Waals surface area contributed by atoms with Gasteiger partial charge in [0.25, 0.3) is 5.70 Å². The quantitative estimate of drug-likeness (QED) is 0.173. The van der Waals surface area contributed by atoms with E-state index in [-0.39, 0.29) is 5.70 Å². The number of allylic oxidation sites excluding steroid dienone is 3. The van der Waals surface area contributed by atoms with Crippen molar-refractivity contribution in [3.8, 4) is 6.07 Å². The summed E-state index contributed by atoms with van der Waals surface area (Å²) in [5.74, 6) is 0.648. The van der Waals surface area contributed by atoms with E-state index >= 15 is 0 Å². The number of nitriles is 1. The lowest BCUT2D eigenvalue weighted by Crippen LogP contribution is -2.10. The van der Waals surface area contributed by atoms with Crippen LogP contribution < -0.4 is 4.90 Å². The lowest BCUT2D eigenvalue weighted by atomic mass is 10.0. The van der Waals surface area contributed by atoms with Crippen LogP contribution in [0.3, 0.4) is 0 Å². The van der Waals surface area contributed by atoms with Crippen molar-refractivity contribution in [2.75, 3.05) is 11.5 Å². The van der Waals surface area contributed by atoms with Gasteiger partial charge in [-0.05, 0) is 76.2 Å². The molecule has 0 saturated heterocycles. The van der Waals surface area contributed by atoms with Gasteiger partial charge in [0.15, 0.2) is 0 Å². The van der Waals surface area contributed by atoms with E-state index in [0.29, 0.717) is 18.8 Å². The molecule has 5 aromatic carbocycles. The monoisotopic (exact) mass is 515 g/mol. The van der Waals surface area contributed by atoms with Gasteiger partial charge in [-0.3, -0.25) is 0 Å². The highest BCUT2D eigenvalue weighted by molar-refractivity contribution is 6.00. The molecular formula is C36H25N3O. The summed E-state index contributed by atoms with van der Waals surface area (Å²) in [5.41, 5.74) is 5.13. The fraction of sp³-hybridized carbons (Fsp3) is 0.0556. The molecule has 0 aromatic heterocycles. The van der Waals surface area contributed by atoms with Crippen molar-refractivity contribution in [2.45, 2.75) is 6.42 Å². The first kappa shape index (κ1) is 24.7.